The lowest BCUT2D eigenvalue weighted by atomic mass is 10.0. The first-order valence-electron chi connectivity index (χ1n) is 10.3. The fourth-order valence-corrected chi connectivity index (χ4v) is 3.84. The Morgan fingerprint density at radius 3 is 2.43 bits per heavy atom. The number of halogens is 2. The molecular weight excluding hydrogens is 388 g/mol. The molecule has 0 aliphatic carbocycles. The number of likely N-dealkylation sites (tertiary alicyclic amines) is 1. The molecule has 2 aromatic rings. The van der Waals surface area contributed by atoms with Gasteiger partial charge >= 0.3 is 0 Å². The molecule has 3 rings (SSSR count). The third kappa shape index (κ3) is 5.63. The molecule has 1 aliphatic rings. The van der Waals surface area contributed by atoms with Gasteiger partial charge in [0, 0.05) is 30.8 Å². The molecule has 1 aliphatic heterocycles. The summed E-state index contributed by atoms with van der Waals surface area (Å²) in [5.41, 5.74) is 0.656. The summed E-state index contributed by atoms with van der Waals surface area (Å²) >= 11 is 0. The number of amides is 2. The third-order valence-corrected chi connectivity index (χ3v) is 5.35. The second-order valence-corrected chi connectivity index (χ2v) is 7.53. The molecule has 0 unspecified atom stereocenters. The van der Waals surface area contributed by atoms with Crippen LogP contribution in [0.15, 0.2) is 48.5 Å². The van der Waals surface area contributed by atoms with Crippen LogP contribution in [0.5, 0.6) is 0 Å². The van der Waals surface area contributed by atoms with Gasteiger partial charge in [-0.15, -0.1) is 0 Å². The molecule has 2 amide bonds. The number of hydrogen-bond donors (Lipinski definition) is 1. The van der Waals surface area contributed by atoms with E-state index in [1.165, 1.54) is 6.07 Å². The SMILES string of the molecule is CCCN(CC(=O)Nc1ccc(F)cc1F)C1CCN(C(=O)c2ccccc2)CC1. The van der Waals surface area contributed by atoms with Gasteiger partial charge in [0.15, 0.2) is 0 Å². The summed E-state index contributed by atoms with van der Waals surface area (Å²) in [6, 6.07) is 12.5. The number of carbonyl (C=O) groups excluding carboxylic acids is 2. The molecule has 7 heteroatoms. The molecular formula is C23H27F2N3O2. The van der Waals surface area contributed by atoms with Gasteiger partial charge in [-0.05, 0) is 50.1 Å². The molecule has 1 heterocycles. The predicted octanol–water partition coefficient (Wildman–Crippen LogP) is 3.92. The minimum atomic E-state index is -0.793. The van der Waals surface area contributed by atoms with E-state index in [2.05, 4.69) is 10.2 Å². The van der Waals surface area contributed by atoms with E-state index in [-0.39, 0.29) is 30.1 Å². The zero-order valence-electron chi connectivity index (χ0n) is 17.1. The Morgan fingerprint density at radius 1 is 1.10 bits per heavy atom. The lowest BCUT2D eigenvalue weighted by Gasteiger charge is -2.38. The maximum Gasteiger partial charge on any atom is 0.253 e. The van der Waals surface area contributed by atoms with Gasteiger partial charge in [0.1, 0.15) is 11.6 Å². The van der Waals surface area contributed by atoms with Crippen molar-refractivity contribution in [1.82, 2.24) is 9.80 Å². The van der Waals surface area contributed by atoms with Crippen molar-refractivity contribution in [2.45, 2.75) is 32.2 Å². The molecule has 30 heavy (non-hydrogen) atoms. The van der Waals surface area contributed by atoms with Gasteiger partial charge in [0.25, 0.3) is 5.91 Å². The van der Waals surface area contributed by atoms with Crippen LogP contribution in [0.4, 0.5) is 14.5 Å². The van der Waals surface area contributed by atoms with Crippen molar-refractivity contribution in [3.8, 4) is 0 Å². The van der Waals surface area contributed by atoms with Crippen molar-refractivity contribution in [1.29, 1.82) is 0 Å². The first-order chi connectivity index (χ1) is 14.5. The highest BCUT2D eigenvalue weighted by atomic mass is 19.1. The summed E-state index contributed by atoms with van der Waals surface area (Å²) in [7, 11) is 0. The molecule has 160 valence electrons. The summed E-state index contributed by atoms with van der Waals surface area (Å²) in [6.45, 7) is 4.16. The first-order valence-corrected chi connectivity index (χ1v) is 10.3. The van der Waals surface area contributed by atoms with Crippen molar-refractivity contribution in [3.05, 3.63) is 65.7 Å². The number of nitrogens with zero attached hydrogens (tertiary/aromatic N) is 2. The Hall–Kier alpha value is -2.80. The zero-order chi connectivity index (χ0) is 21.5. The van der Waals surface area contributed by atoms with Crippen LogP contribution >= 0.6 is 0 Å². The van der Waals surface area contributed by atoms with Crippen LogP contribution < -0.4 is 5.32 Å². The summed E-state index contributed by atoms with van der Waals surface area (Å²) < 4.78 is 26.9. The predicted molar refractivity (Wildman–Crippen MR) is 112 cm³/mol. The highest BCUT2D eigenvalue weighted by Crippen LogP contribution is 2.20. The van der Waals surface area contributed by atoms with Crippen LogP contribution in [0.25, 0.3) is 0 Å². The molecule has 1 N–H and O–H groups in total. The smallest absolute Gasteiger partial charge is 0.253 e. The highest BCUT2D eigenvalue weighted by Gasteiger charge is 2.28. The maximum atomic E-state index is 13.8. The van der Waals surface area contributed by atoms with Gasteiger partial charge in [-0.25, -0.2) is 8.78 Å². The normalized spacial score (nSPS) is 14.7. The second kappa shape index (κ2) is 10.3. The molecule has 0 spiro atoms. The molecule has 2 aromatic carbocycles. The molecule has 1 fully saturated rings. The third-order valence-electron chi connectivity index (χ3n) is 5.35. The zero-order valence-corrected chi connectivity index (χ0v) is 17.1. The number of hydrogen-bond acceptors (Lipinski definition) is 3. The summed E-state index contributed by atoms with van der Waals surface area (Å²) in [5.74, 6) is -1.79. The number of benzene rings is 2. The van der Waals surface area contributed by atoms with Crippen molar-refractivity contribution in [2.75, 3.05) is 31.5 Å². The lowest BCUT2D eigenvalue weighted by molar-refractivity contribution is -0.118. The van der Waals surface area contributed by atoms with Crippen molar-refractivity contribution >= 4 is 17.5 Å². The van der Waals surface area contributed by atoms with Gasteiger partial charge in [0.05, 0.1) is 12.2 Å². The van der Waals surface area contributed by atoms with Crippen LogP contribution in [0, 0.1) is 11.6 Å². The Labute approximate surface area is 175 Å². The number of anilines is 1. The molecule has 0 radical (unpaired) electrons. The number of piperidine rings is 1. The van der Waals surface area contributed by atoms with E-state index in [0.717, 1.165) is 37.9 Å². The quantitative estimate of drug-likeness (QED) is 0.746. The van der Waals surface area contributed by atoms with Crippen molar-refractivity contribution < 1.29 is 18.4 Å². The fraction of sp³-hybridized carbons (Fsp3) is 0.391. The van der Waals surface area contributed by atoms with Gasteiger partial charge in [-0.2, -0.15) is 0 Å². The van der Waals surface area contributed by atoms with E-state index in [1.807, 2.05) is 42.2 Å². The van der Waals surface area contributed by atoms with E-state index >= 15 is 0 Å². The van der Waals surface area contributed by atoms with E-state index in [0.29, 0.717) is 18.7 Å². The summed E-state index contributed by atoms with van der Waals surface area (Å²) in [6.07, 6.45) is 2.43. The van der Waals surface area contributed by atoms with Crippen LogP contribution in [0.3, 0.4) is 0 Å². The Kier molecular flexibility index (Phi) is 7.52. The standard InChI is InChI=1S/C23H27F2N3O2/c1-2-12-28(16-22(29)26-21-9-8-18(24)15-20(21)25)19-10-13-27(14-11-19)23(30)17-6-4-3-5-7-17/h3-9,15,19H,2,10-14,16H2,1H3,(H,26,29). The first kappa shape index (κ1) is 21.9. The Morgan fingerprint density at radius 2 is 1.80 bits per heavy atom. The van der Waals surface area contributed by atoms with Crippen LogP contribution in [-0.4, -0.2) is 53.8 Å². The average Bonchev–Trinajstić information content (AvgIpc) is 2.76. The van der Waals surface area contributed by atoms with Crippen molar-refractivity contribution in [2.24, 2.45) is 0 Å². The van der Waals surface area contributed by atoms with Gasteiger partial charge in [-0.3, -0.25) is 14.5 Å². The van der Waals surface area contributed by atoms with E-state index in [1.54, 1.807) is 0 Å². The lowest BCUT2D eigenvalue weighted by Crippen LogP contribution is -2.49. The Balaban J connectivity index is 1.56. The molecule has 0 aromatic heterocycles. The van der Waals surface area contributed by atoms with Crippen LogP contribution in [0.2, 0.25) is 0 Å². The second-order valence-electron chi connectivity index (χ2n) is 7.53. The monoisotopic (exact) mass is 415 g/mol. The molecule has 5 nitrogen and oxygen atoms in total. The van der Waals surface area contributed by atoms with Crippen LogP contribution in [-0.2, 0) is 4.79 Å². The largest absolute Gasteiger partial charge is 0.339 e. The molecule has 1 saturated heterocycles. The van der Waals surface area contributed by atoms with E-state index < -0.39 is 11.6 Å². The number of carbonyl (C=O) groups is 2. The van der Waals surface area contributed by atoms with Crippen LogP contribution in [0.1, 0.15) is 36.5 Å². The minimum Gasteiger partial charge on any atom is -0.339 e. The number of rotatable bonds is 7. The summed E-state index contributed by atoms with van der Waals surface area (Å²) in [4.78, 5) is 29.0. The topological polar surface area (TPSA) is 52.7 Å². The van der Waals surface area contributed by atoms with Gasteiger partial charge in [0.2, 0.25) is 5.91 Å². The van der Waals surface area contributed by atoms with E-state index in [9.17, 15) is 18.4 Å². The maximum absolute atomic E-state index is 13.8. The minimum absolute atomic E-state index is 0.0267. The average molecular weight is 415 g/mol. The Bertz CT molecular complexity index is 868. The van der Waals surface area contributed by atoms with Gasteiger partial charge in [-0.1, -0.05) is 25.1 Å². The fourth-order valence-electron chi connectivity index (χ4n) is 3.84. The molecule has 0 bridgehead atoms. The number of nitrogens with one attached hydrogen (secondary N) is 1. The highest BCUT2D eigenvalue weighted by molar-refractivity contribution is 5.94. The summed E-state index contributed by atoms with van der Waals surface area (Å²) in [5, 5.41) is 2.53. The van der Waals surface area contributed by atoms with Crippen molar-refractivity contribution in [3.63, 3.8) is 0 Å². The van der Waals surface area contributed by atoms with Gasteiger partial charge < -0.3 is 10.2 Å². The molecule has 0 saturated carbocycles. The van der Waals surface area contributed by atoms with E-state index in [4.69, 9.17) is 0 Å². The molecule has 0 atom stereocenters.